The lowest BCUT2D eigenvalue weighted by atomic mass is 10.1. The summed E-state index contributed by atoms with van der Waals surface area (Å²) < 4.78 is 0. The van der Waals surface area contributed by atoms with Crippen molar-refractivity contribution in [1.29, 1.82) is 0 Å². The number of carboxylic acid groups (broad SMARTS) is 2. The molecule has 0 fully saturated rings. The topological polar surface area (TPSA) is 159 Å². The molecule has 0 rings (SSSR count). The molecule has 0 spiro atoms. The van der Waals surface area contributed by atoms with Crippen molar-refractivity contribution >= 4 is 48.1 Å². The first kappa shape index (κ1) is 21.5. The Morgan fingerprint density at radius 2 is 1.70 bits per heavy atom. The third-order valence-corrected chi connectivity index (χ3v) is 3.81. The van der Waals surface area contributed by atoms with E-state index in [1.807, 2.05) is 0 Å². The molecule has 0 aliphatic heterocycles. The van der Waals surface area contributed by atoms with Gasteiger partial charge in [0.25, 0.3) is 0 Å². The van der Waals surface area contributed by atoms with E-state index in [0.29, 0.717) is 5.75 Å². The minimum atomic E-state index is -1.58. The number of hydrogen-bond acceptors (Lipinski definition) is 7. The molecule has 0 bridgehead atoms. The third kappa shape index (κ3) is 8.67. The first-order chi connectivity index (χ1) is 10.7. The van der Waals surface area contributed by atoms with Crippen LogP contribution in [0.15, 0.2) is 0 Å². The van der Waals surface area contributed by atoms with Crippen molar-refractivity contribution in [2.24, 2.45) is 5.73 Å². The fraction of sp³-hybridized carbons (Fsp3) is 0.667. The number of thioether (sulfide) groups is 1. The van der Waals surface area contributed by atoms with Crippen LogP contribution in [-0.2, 0) is 19.2 Å². The zero-order chi connectivity index (χ0) is 18.0. The second-order valence-corrected chi connectivity index (χ2v) is 5.98. The number of carbonyl (C=O) groups is 4. The normalized spacial score (nSPS) is 14.4. The quantitative estimate of drug-likeness (QED) is 0.241. The Labute approximate surface area is 143 Å². The van der Waals surface area contributed by atoms with E-state index in [4.69, 9.17) is 15.9 Å². The highest BCUT2D eigenvalue weighted by molar-refractivity contribution is 7.98. The van der Waals surface area contributed by atoms with Crippen LogP contribution < -0.4 is 16.4 Å². The molecule has 9 nitrogen and oxygen atoms in total. The van der Waals surface area contributed by atoms with Gasteiger partial charge >= 0.3 is 11.9 Å². The standard InChI is InChI=1S/C12H21N3O6S2/c1-23-3-2-7(14-10(18)6(13)5-22)11(19)15-8(12(20)21)4-9(16)17/h6-8,22H,2-5,13H2,1H3,(H,14,18)(H,15,19)(H,16,17)(H,20,21)/t6-,7-,8-/m0/s1. The molecule has 2 amide bonds. The number of hydrogen-bond donors (Lipinski definition) is 6. The first-order valence-corrected chi connectivity index (χ1v) is 8.66. The van der Waals surface area contributed by atoms with Crippen LogP contribution in [0.4, 0.5) is 0 Å². The highest BCUT2D eigenvalue weighted by atomic mass is 32.2. The molecule has 6 N–H and O–H groups in total. The van der Waals surface area contributed by atoms with Gasteiger partial charge in [-0.25, -0.2) is 4.79 Å². The molecule has 0 aromatic heterocycles. The zero-order valence-electron chi connectivity index (χ0n) is 12.5. The Hall–Kier alpha value is -1.46. The summed E-state index contributed by atoms with van der Waals surface area (Å²) >= 11 is 5.32. The van der Waals surface area contributed by atoms with Crippen LogP contribution in [0.2, 0.25) is 0 Å². The fourth-order valence-corrected chi connectivity index (χ4v) is 2.15. The van der Waals surface area contributed by atoms with Gasteiger partial charge in [-0.3, -0.25) is 14.4 Å². The number of rotatable bonds is 11. The Kier molecular flexibility index (Phi) is 10.4. The number of aliphatic carboxylic acids is 2. The van der Waals surface area contributed by atoms with Crippen LogP contribution in [0.3, 0.4) is 0 Å². The number of nitrogens with one attached hydrogen (secondary N) is 2. The van der Waals surface area contributed by atoms with E-state index >= 15 is 0 Å². The van der Waals surface area contributed by atoms with Gasteiger partial charge in [0.05, 0.1) is 12.5 Å². The Morgan fingerprint density at radius 3 is 2.13 bits per heavy atom. The van der Waals surface area contributed by atoms with Gasteiger partial charge < -0.3 is 26.6 Å². The summed E-state index contributed by atoms with van der Waals surface area (Å²) in [4.78, 5) is 45.5. The molecule has 0 aliphatic rings. The van der Waals surface area contributed by atoms with Crippen LogP contribution >= 0.6 is 24.4 Å². The fourth-order valence-electron chi connectivity index (χ4n) is 1.51. The molecule has 0 radical (unpaired) electrons. The molecule has 0 aromatic carbocycles. The third-order valence-electron chi connectivity index (χ3n) is 2.77. The van der Waals surface area contributed by atoms with Crippen molar-refractivity contribution in [3.63, 3.8) is 0 Å². The summed E-state index contributed by atoms with van der Waals surface area (Å²) in [6.45, 7) is 0. The molecule has 0 aromatic rings. The second kappa shape index (κ2) is 11.1. The molecule has 0 unspecified atom stereocenters. The molecule has 0 saturated heterocycles. The maximum Gasteiger partial charge on any atom is 0.326 e. The number of nitrogens with two attached hydrogens (primary N) is 1. The van der Waals surface area contributed by atoms with Crippen LogP contribution in [0.1, 0.15) is 12.8 Å². The monoisotopic (exact) mass is 367 g/mol. The first-order valence-electron chi connectivity index (χ1n) is 6.63. The molecule has 23 heavy (non-hydrogen) atoms. The van der Waals surface area contributed by atoms with Gasteiger partial charge in [-0.1, -0.05) is 0 Å². The highest BCUT2D eigenvalue weighted by Gasteiger charge is 2.28. The van der Waals surface area contributed by atoms with E-state index in [0.717, 1.165) is 0 Å². The van der Waals surface area contributed by atoms with E-state index in [1.54, 1.807) is 6.26 Å². The molecular weight excluding hydrogens is 346 g/mol. The van der Waals surface area contributed by atoms with E-state index in [-0.39, 0.29) is 12.2 Å². The molecular formula is C12H21N3O6S2. The van der Waals surface area contributed by atoms with Crippen LogP contribution in [0.5, 0.6) is 0 Å². The van der Waals surface area contributed by atoms with Crippen molar-refractivity contribution in [3.8, 4) is 0 Å². The Morgan fingerprint density at radius 1 is 1.13 bits per heavy atom. The maximum absolute atomic E-state index is 12.1. The summed E-state index contributed by atoms with van der Waals surface area (Å²) in [6, 6.07) is -3.49. The maximum atomic E-state index is 12.1. The molecule has 3 atom stereocenters. The van der Waals surface area contributed by atoms with E-state index in [2.05, 4.69) is 23.3 Å². The van der Waals surface area contributed by atoms with Gasteiger partial charge in [-0.2, -0.15) is 24.4 Å². The van der Waals surface area contributed by atoms with E-state index in [9.17, 15) is 19.2 Å². The lowest BCUT2D eigenvalue weighted by molar-refractivity contribution is -0.147. The van der Waals surface area contributed by atoms with Crippen molar-refractivity contribution in [1.82, 2.24) is 10.6 Å². The molecule has 0 aliphatic carbocycles. The van der Waals surface area contributed by atoms with Gasteiger partial charge in [0.15, 0.2) is 0 Å². The van der Waals surface area contributed by atoms with Gasteiger partial charge in [0, 0.05) is 5.75 Å². The highest BCUT2D eigenvalue weighted by Crippen LogP contribution is 2.03. The molecule has 0 heterocycles. The van der Waals surface area contributed by atoms with Crippen LogP contribution in [0, 0.1) is 0 Å². The van der Waals surface area contributed by atoms with Crippen LogP contribution in [0.25, 0.3) is 0 Å². The molecule has 11 heteroatoms. The summed E-state index contributed by atoms with van der Waals surface area (Å²) in [7, 11) is 0. The zero-order valence-corrected chi connectivity index (χ0v) is 14.2. The Bertz CT molecular complexity index is 449. The summed E-state index contributed by atoms with van der Waals surface area (Å²) in [5, 5.41) is 22.1. The summed E-state index contributed by atoms with van der Waals surface area (Å²) in [5.74, 6) is -3.58. The smallest absolute Gasteiger partial charge is 0.326 e. The number of thiol groups is 1. The number of amides is 2. The average molecular weight is 367 g/mol. The van der Waals surface area contributed by atoms with E-state index < -0.39 is 48.3 Å². The lowest BCUT2D eigenvalue weighted by Crippen LogP contribution is -2.55. The molecule has 132 valence electrons. The SMILES string of the molecule is CSCC[C@H](NC(=O)[C@@H](N)CS)C(=O)N[C@@H](CC(=O)O)C(=O)O. The summed E-state index contributed by atoms with van der Waals surface area (Å²) in [5.41, 5.74) is 5.51. The van der Waals surface area contributed by atoms with Crippen molar-refractivity contribution in [2.45, 2.75) is 31.0 Å². The molecule has 0 saturated carbocycles. The van der Waals surface area contributed by atoms with E-state index in [1.165, 1.54) is 11.8 Å². The minimum Gasteiger partial charge on any atom is -0.481 e. The van der Waals surface area contributed by atoms with Gasteiger partial charge in [-0.05, 0) is 18.4 Å². The van der Waals surface area contributed by atoms with Gasteiger partial charge in [0.2, 0.25) is 11.8 Å². The number of carbonyl (C=O) groups excluding carboxylic acids is 2. The Balaban J connectivity index is 4.93. The van der Waals surface area contributed by atoms with Crippen molar-refractivity contribution in [3.05, 3.63) is 0 Å². The van der Waals surface area contributed by atoms with Gasteiger partial charge in [0.1, 0.15) is 12.1 Å². The predicted molar refractivity (Wildman–Crippen MR) is 88.6 cm³/mol. The van der Waals surface area contributed by atoms with Crippen molar-refractivity contribution < 1.29 is 29.4 Å². The van der Waals surface area contributed by atoms with Crippen LogP contribution in [-0.4, -0.2) is 69.9 Å². The van der Waals surface area contributed by atoms with Gasteiger partial charge in [-0.15, -0.1) is 0 Å². The summed E-state index contributed by atoms with van der Waals surface area (Å²) in [6.07, 6.45) is 1.29. The second-order valence-electron chi connectivity index (χ2n) is 4.63. The predicted octanol–water partition coefficient (Wildman–Crippen LogP) is -1.47. The average Bonchev–Trinajstić information content (AvgIpc) is 2.48. The number of carboxylic acids is 2. The minimum absolute atomic E-state index is 0.0828. The van der Waals surface area contributed by atoms with Crippen molar-refractivity contribution in [2.75, 3.05) is 17.8 Å². The lowest BCUT2D eigenvalue weighted by Gasteiger charge is -2.21. The largest absolute Gasteiger partial charge is 0.481 e.